The number of hydrogen-bond acceptors (Lipinski definition) is 3. The fraction of sp³-hybridized carbons (Fsp3) is 0.500. The lowest BCUT2D eigenvalue weighted by molar-refractivity contribution is -0.139. The largest absolute Gasteiger partial charge is 0.482 e. The number of carboxylic acids is 1. The minimum absolute atomic E-state index is 0.290. The zero-order chi connectivity index (χ0) is 13.0. The lowest BCUT2D eigenvalue weighted by Gasteiger charge is -2.41. The van der Waals surface area contributed by atoms with Crippen LogP contribution in [0.1, 0.15) is 19.8 Å². The molecule has 0 atom stereocenters. The third-order valence-corrected chi connectivity index (χ3v) is 3.22. The maximum absolute atomic E-state index is 10.4. The predicted molar refractivity (Wildman–Crippen MR) is 70.2 cm³/mol. The van der Waals surface area contributed by atoms with Gasteiger partial charge in [-0.05, 0) is 36.6 Å². The van der Waals surface area contributed by atoms with Gasteiger partial charge in [-0.15, -0.1) is 0 Å². The normalized spacial score (nSPS) is 15.3. The number of ether oxygens (including phenoxy) is 1. The molecule has 0 amide bonds. The minimum atomic E-state index is -0.954. The number of carbonyl (C=O) groups is 1. The first kappa shape index (κ1) is 12.7. The average molecular weight is 249 g/mol. The topological polar surface area (TPSA) is 49.8 Å². The molecule has 0 unspecified atom stereocenters. The van der Waals surface area contributed by atoms with E-state index < -0.39 is 5.97 Å². The van der Waals surface area contributed by atoms with Gasteiger partial charge in [-0.3, -0.25) is 0 Å². The molecule has 98 valence electrons. The van der Waals surface area contributed by atoms with Gasteiger partial charge in [0.2, 0.25) is 0 Å². The van der Waals surface area contributed by atoms with E-state index in [9.17, 15) is 4.79 Å². The number of anilines is 1. The Bertz CT molecular complexity index is 396. The molecule has 0 saturated carbocycles. The van der Waals surface area contributed by atoms with Gasteiger partial charge in [0, 0.05) is 18.8 Å². The van der Waals surface area contributed by atoms with Crippen LogP contribution in [-0.2, 0) is 4.79 Å². The Kier molecular flexibility index (Phi) is 4.07. The summed E-state index contributed by atoms with van der Waals surface area (Å²) in [5, 5.41) is 8.51. The van der Waals surface area contributed by atoms with Crippen molar-refractivity contribution >= 4 is 11.7 Å². The minimum Gasteiger partial charge on any atom is -0.482 e. The highest BCUT2D eigenvalue weighted by atomic mass is 16.5. The van der Waals surface area contributed by atoms with E-state index in [0.717, 1.165) is 19.0 Å². The highest BCUT2D eigenvalue weighted by molar-refractivity contribution is 5.68. The molecule has 2 rings (SSSR count). The second kappa shape index (κ2) is 5.76. The van der Waals surface area contributed by atoms with Gasteiger partial charge in [-0.1, -0.05) is 13.3 Å². The Morgan fingerprint density at radius 1 is 1.39 bits per heavy atom. The maximum Gasteiger partial charge on any atom is 0.341 e. The van der Waals surface area contributed by atoms with Gasteiger partial charge in [-0.25, -0.2) is 4.79 Å². The third kappa shape index (κ3) is 3.15. The molecule has 1 aromatic carbocycles. The number of aliphatic carboxylic acids is 1. The monoisotopic (exact) mass is 249 g/mol. The van der Waals surface area contributed by atoms with Crippen molar-refractivity contribution in [1.29, 1.82) is 0 Å². The smallest absolute Gasteiger partial charge is 0.341 e. The van der Waals surface area contributed by atoms with Crippen molar-refractivity contribution in [2.75, 3.05) is 24.6 Å². The summed E-state index contributed by atoms with van der Waals surface area (Å²) in [6.07, 6.45) is 2.55. The van der Waals surface area contributed by atoms with Gasteiger partial charge in [0.05, 0.1) is 0 Å². The summed E-state index contributed by atoms with van der Waals surface area (Å²) in [6.45, 7) is 4.19. The molecular weight excluding hydrogens is 230 g/mol. The molecule has 18 heavy (non-hydrogen) atoms. The van der Waals surface area contributed by atoms with Gasteiger partial charge >= 0.3 is 5.97 Å². The molecule has 1 saturated heterocycles. The molecule has 0 spiro atoms. The summed E-state index contributed by atoms with van der Waals surface area (Å²) < 4.78 is 5.10. The SMILES string of the molecule is CCCC1CN(c2ccc(OCC(=O)O)cc2)C1. The van der Waals surface area contributed by atoms with E-state index in [0.29, 0.717) is 5.75 Å². The fourth-order valence-corrected chi connectivity index (χ4v) is 2.27. The Balaban J connectivity index is 1.83. The second-order valence-corrected chi connectivity index (χ2v) is 4.74. The third-order valence-electron chi connectivity index (χ3n) is 3.22. The molecule has 4 heteroatoms. The second-order valence-electron chi connectivity index (χ2n) is 4.74. The average Bonchev–Trinajstić information content (AvgIpc) is 2.31. The lowest BCUT2D eigenvalue weighted by atomic mass is 9.94. The quantitative estimate of drug-likeness (QED) is 0.841. The Morgan fingerprint density at radius 3 is 2.61 bits per heavy atom. The summed E-state index contributed by atoms with van der Waals surface area (Å²) in [5.74, 6) is 0.481. The van der Waals surface area contributed by atoms with Crippen molar-refractivity contribution in [2.24, 2.45) is 5.92 Å². The zero-order valence-electron chi connectivity index (χ0n) is 10.6. The number of rotatable bonds is 6. The van der Waals surface area contributed by atoms with Crippen molar-refractivity contribution in [3.63, 3.8) is 0 Å². The van der Waals surface area contributed by atoms with E-state index >= 15 is 0 Å². The van der Waals surface area contributed by atoms with Crippen molar-refractivity contribution in [3.05, 3.63) is 24.3 Å². The fourth-order valence-electron chi connectivity index (χ4n) is 2.27. The Morgan fingerprint density at radius 2 is 2.06 bits per heavy atom. The Labute approximate surface area is 107 Å². The molecule has 4 nitrogen and oxygen atoms in total. The van der Waals surface area contributed by atoms with Crippen LogP contribution < -0.4 is 9.64 Å². The van der Waals surface area contributed by atoms with E-state index in [-0.39, 0.29) is 6.61 Å². The molecule has 1 aliphatic rings. The maximum atomic E-state index is 10.4. The molecular formula is C14H19NO3. The summed E-state index contributed by atoms with van der Waals surface area (Å²) in [5.41, 5.74) is 1.19. The molecule has 1 aliphatic heterocycles. The first-order chi connectivity index (χ1) is 8.69. The first-order valence-electron chi connectivity index (χ1n) is 6.38. The van der Waals surface area contributed by atoms with Crippen LogP contribution >= 0.6 is 0 Å². The molecule has 0 aromatic heterocycles. The van der Waals surface area contributed by atoms with Crippen molar-refractivity contribution in [1.82, 2.24) is 0 Å². The standard InChI is InChI=1S/C14H19NO3/c1-2-3-11-8-15(9-11)12-4-6-13(7-5-12)18-10-14(16)17/h4-7,11H,2-3,8-10H2,1H3,(H,16,17). The van der Waals surface area contributed by atoms with Crippen LogP contribution in [0.4, 0.5) is 5.69 Å². The van der Waals surface area contributed by atoms with E-state index in [1.54, 1.807) is 0 Å². The van der Waals surface area contributed by atoms with Crippen molar-refractivity contribution < 1.29 is 14.6 Å². The van der Waals surface area contributed by atoms with Crippen LogP contribution in [0.3, 0.4) is 0 Å². The summed E-state index contributed by atoms with van der Waals surface area (Å²) >= 11 is 0. The molecule has 0 radical (unpaired) electrons. The number of hydrogen-bond donors (Lipinski definition) is 1. The van der Waals surface area contributed by atoms with Crippen molar-refractivity contribution in [2.45, 2.75) is 19.8 Å². The van der Waals surface area contributed by atoms with E-state index in [4.69, 9.17) is 9.84 Å². The summed E-state index contributed by atoms with van der Waals surface area (Å²) in [7, 11) is 0. The Hall–Kier alpha value is -1.71. The first-order valence-corrected chi connectivity index (χ1v) is 6.38. The predicted octanol–water partition coefficient (Wildman–Crippen LogP) is 2.39. The highest BCUT2D eigenvalue weighted by Gasteiger charge is 2.25. The van der Waals surface area contributed by atoms with Crippen LogP contribution in [0, 0.1) is 5.92 Å². The number of carboxylic acid groups (broad SMARTS) is 1. The molecule has 1 N–H and O–H groups in total. The van der Waals surface area contributed by atoms with Gasteiger partial charge in [0.25, 0.3) is 0 Å². The molecule has 1 heterocycles. The van der Waals surface area contributed by atoms with Crippen molar-refractivity contribution in [3.8, 4) is 5.75 Å². The summed E-state index contributed by atoms with van der Waals surface area (Å²) in [4.78, 5) is 12.7. The highest BCUT2D eigenvalue weighted by Crippen LogP contribution is 2.28. The van der Waals surface area contributed by atoms with Gasteiger partial charge in [-0.2, -0.15) is 0 Å². The van der Waals surface area contributed by atoms with Gasteiger partial charge < -0.3 is 14.7 Å². The van der Waals surface area contributed by atoms with Gasteiger partial charge in [0.1, 0.15) is 5.75 Å². The number of nitrogens with zero attached hydrogens (tertiary/aromatic N) is 1. The van der Waals surface area contributed by atoms with Crippen LogP contribution in [-0.4, -0.2) is 30.8 Å². The van der Waals surface area contributed by atoms with Crippen LogP contribution in [0.5, 0.6) is 5.75 Å². The summed E-state index contributed by atoms with van der Waals surface area (Å²) in [6, 6.07) is 7.62. The zero-order valence-corrected chi connectivity index (χ0v) is 10.6. The molecule has 1 fully saturated rings. The van der Waals surface area contributed by atoms with E-state index in [1.165, 1.54) is 18.5 Å². The van der Waals surface area contributed by atoms with E-state index in [1.807, 2.05) is 24.3 Å². The molecule has 0 bridgehead atoms. The number of benzene rings is 1. The van der Waals surface area contributed by atoms with E-state index in [2.05, 4.69) is 11.8 Å². The van der Waals surface area contributed by atoms with Crippen LogP contribution in [0.25, 0.3) is 0 Å². The molecule has 1 aromatic rings. The van der Waals surface area contributed by atoms with Crippen LogP contribution in [0.15, 0.2) is 24.3 Å². The molecule has 0 aliphatic carbocycles. The van der Waals surface area contributed by atoms with Crippen LogP contribution in [0.2, 0.25) is 0 Å². The lowest BCUT2D eigenvalue weighted by Crippen LogP contribution is -2.46. The van der Waals surface area contributed by atoms with Gasteiger partial charge in [0.15, 0.2) is 6.61 Å².